The summed E-state index contributed by atoms with van der Waals surface area (Å²) in [4.78, 5) is 0. The summed E-state index contributed by atoms with van der Waals surface area (Å²) in [5, 5.41) is 4.56. The second-order valence-electron chi connectivity index (χ2n) is 4.67. The van der Waals surface area contributed by atoms with Gasteiger partial charge in [0.15, 0.2) is 0 Å². The number of hydrogen-bond donors (Lipinski definition) is 1. The summed E-state index contributed by atoms with van der Waals surface area (Å²) in [5.41, 5.74) is 7.05. The van der Waals surface area contributed by atoms with Crippen LogP contribution in [0.5, 0.6) is 0 Å². The molecule has 78 valence electrons. The summed E-state index contributed by atoms with van der Waals surface area (Å²) in [6.45, 7) is 6.51. The second kappa shape index (κ2) is 3.30. The monoisotopic (exact) mass is 193 g/mol. The van der Waals surface area contributed by atoms with E-state index in [1.165, 1.54) is 12.8 Å². The van der Waals surface area contributed by atoms with Gasteiger partial charge in [-0.25, -0.2) is 4.68 Å². The number of hydrogen-bond acceptors (Lipinski definition) is 2. The molecule has 1 fully saturated rings. The summed E-state index contributed by atoms with van der Waals surface area (Å²) in [6.07, 6.45) is 2.66. The van der Waals surface area contributed by atoms with Crippen LogP contribution in [0.3, 0.4) is 0 Å². The molecule has 3 nitrogen and oxygen atoms in total. The van der Waals surface area contributed by atoms with E-state index in [9.17, 15) is 0 Å². The first-order valence-electron chi connectivity index (χ1n) is 5.44. The van der Waals surface area contributed by atoms with Gasteiger partial charge < -0.3 is 5.73 Å². The highest BCUT2D eigenvalue weighted by Crippen LogP contribution is 2.40. The zero-order valence-electron chi connectivity index (χ0n) is 9.20. The normalized spacial score (nSPS) is 18.9. The van der Waals surface area contributed by atoms with E-state index in [-0.39, 0.29) is 0 Å². The molecular formula is C11H19N3. The molecular weight excluding hydrogens is 174 g/mol. The average molecular weight is 193 g/mol. The third kappa shape index (κ3) is 1.63. The van der Waals surface area contributed by atoms with E-state index in [1.54, 1.807) is 0 Å². The zero-order valence-corrected chi connectivity index (χ0v) is 9.20. The maximum absolute atomic E-state index is 5.95. The Bertz CT molecular complexity index is 323. The Morgan fingerprint density at radius 2 is 2.07 bits per heavy atom. The van der Waals surface area contributed by atoms with Gasteiger partial charge in [-0.3, -0.25) is 0 Å². The Hall–Kier alpha value is -0.990. The number of rotatable bonds is 3. The number of nitrogens with zero attached hydrogens (tertiary/aromatic N) is 2. The molecule has 0 saturated heterocycles. The Morgan fingerprint density at radius 3 is 2.50 bits per heavy atom. The van der Waals surface area contributed by atoms with Crippen LogP contribution in [0.4, 0.5) is 5.82 Å². The molecule has 2 N–H and O–H groups in total. The van der Waals surface area contributed by atoms with Crippen molar-refractivity contribution in [1.82, 2.24) is 9.78 Å². The quantitative estimate of drug-likeness (QED) is 0.801. The summed E-state index contributed by atoms with van der Waals surface area (Å²) in [5.74, 6) is 2.08. The molecule has 1 aromatic heterocycles. The van der Waals surface area contributed by atoms with Gasteiger partial charge in [0.25, 0.3) is 0 Å². The van der Waals surface area contributed by atoms with Crippen molar-refractivity contribution in [3.05, 3.63) is 11.8 Å². The van der Waals surface area contributed by atoms with Crippen molar-refractivity contribution in [3.63, 3.8) is 0 Å². The van der Waals surface area contributed by atoms with E-state index in [4.69, 9.17) is 5.73 Å². The van der Waals surface area contributed by atoms with E-state index in [1.807, 2.05) is 10.7 Å². The van der Waals surface area contributed by atoms with Crippen LogP contribution in [-0.2, 0) is 0 Å². The number of nitrogens with two attached hydrogens (primary N) is 1. The van der Waals surface area contributed by atoms with Gasteiger partial charge in [0.2, 0.25) is 0 Å². The fourth-order valence-electron chi connectivity index (χ4n) is 1.82. The third-order valence-corrected chi connectivity index (χ3v) is 3.07. The van der Waals surface area contributed by atoms with Gasteiger partial charge in [-0.15, -0.1) is 0 Å². The molecule has 1 aliphatic rings. The molecule has 0 aromatic carbocycles. The molecule has 14 heavy (non-hydrogen) atoms. The molecule has 1 heterocycles. The minimum atomic E-state index is 0.463. The van der Waals surface area contributed by atoms with Crippen molar-refractivity contribution in [2.75, 3.05) is 5.73 Å². The van der Waals surface area contributed by atoms with E-state index in [0.29, 0.717) is 12.0 Å². The maximum Gasteiger partial charge on any atom is 0.122 e. The van der Waals surface area contributed by atoms with E-state index < -0.39 is 0 Å². The highest BCUT2D eigenvalue weighted by molar-refractivity contribution is 5.32. The van der Waals surface area contributed by atoms with Crippen LogP contribution in [0.25, 0.3) is 0 Å². The Balaban J connectivity index is 2.23. The standard InChI is InChI=1S/C11H19N3/c1-7(2)10-6-11(12)14(13-10)8(3)9-4-5-9/h6-9H,4-5,12H2,1-3H3. The fraction of sp³-hybridized carbons (Fsp3) is 0.727. The summed E-state index contributed by atoms with van der Waals surface area (Å²) in [7, 11) is 0. The lowest BCUT2D eigenvalue weighted by atomic mass is 10.1. The average Bonchev–Trinajstić information content (AvgIpc) is 2.88. The molecule has 1 unspecified atom stereocenters. The van der Waals surface area contributed by atoms with Gasteiger partial charge in [-0.05, 0) is 31.6 Å². The van der Waals surface area contributed by atoms with Crippen molar-refractivity contribution in [3.8, 4) is 0 Å². The fourth-order valence-corrected chi connectivity index (χ4v) is 1.82. The smallest absolute Gasteiger partial charge is 0.122 e. The minimum absolute atomic E-state index is 0.463. The van der Waals surface area contributed by atoms with Crippen LogP contribution in [0, 0.1) is 5.92 Å². The predicted octanol–water partition coefficient (Wildman–Crippen LogP) is 2.56. The van der Waals surface area contributed by atoms with Crippen LogP contribution in [0.2, 0.25) is 0 Å². The van der Waals surface area contributed by atoms with Crippen molar-refractivity contribution >= 4 is 5.82 Å². The van der Waals surface area contributed by atoms with Crippen molar-refractivity contribution < 1.29 is 0 Å². The van der Waals surface area contributed by atoms with Gasteiger partial charge in [0.05, 0.1) is 11.7 Å². The molecule has 0 bridgehead atoms. The largest absolute Gasteiger partial charge is 0.384 e. The number of aromatic nitrogens is 2. The van der Waals surface area contributed by atoms with Gasteiger partial charge in [0.1, 0.15) is 5.82 Å². The number of anilines is 1. The SMILES string of the molecule is CC(C)c1cc(N)n(C(C)C2CC2)n1. The topological polar surface area (TPSA) is 43.8 Å². The van der Waals surface area contributed by atoms with E-state index in [0.717, 1.165) is 17.4 Å². The van der Waals surface area contributed by atoms with Crippen LogP contribution >= 0.6 is 0 Å². The Labute approximate surface area is 85.3 Å². The van der Waals surface area contributed by atoms with E-state index in [2.05, 4.69) is 25.9 Å². The zero-order chi connectivity index (χ0) is 10.3. The maximum atomic E-state index is 5.95. The van der Waals surface area contributed by atoms with Gasteiger partial charge in [-0.2, -0.15) is 5.10 Å². The minimum Gasteiger partial charge on any atom is -0.384 e. The van der Waals surface area contributed by atoms with Crippen LogP contribution in [0.1, 0.15) is 51.3 Å². The molecule has 2 rings (SSSR count). The highest BCUT2D eigenvalue weighted by atomic mass is 15.3. The van der Waals surface area contributed by atoms with Crippen molar-refractivity contribution in [2.45, 2.75) is 45.6 Å². The van der Waals surface area contributed by atoms with Gasteiger partial charge in [-0.1, -0.05) is 13.8 Å². The molecule has 0 radical (unpaired) electrons. The first kappa shape index (κ1) is 9.56. The molecule has 0 spiro atoms. The highest BCUT2D eigenvalue weighted by Gasteiger charge is 2.30. The molecule has 0 amide bonds. The van der Waals surface area contributed by atoms with Crippen molar-refractivity contribution in [1.29, 1.82) is 0 Å². The Morgan fingerprint density at radius 1 is 1.43 bits per heavy atom. The summed E-state index contributed by atoms with van der Waals surface area (Å²) >= 11 is 0. The van der Waals surface area contributed by atoms with Crippen LogP contribution in [0.15, 0.2) is 6.07 Å². The Kier molecular flexibility index (Phi) is 2.25. The lowest BCUT2D eigenvalue weighted by Gasteiger charge is -2.12. The molecule has 3 heteroatoms. The summed E-state index contributed by atoms with van der Waals surface area (Å²) < 4.78 is 1.99. The molecule has 1 aliphatic carbocycles. The van der Waals surface area contributed by atoms with E-state index >= 15 is 0 Å². The molecule has 1 saturated carbocycles. The van der Waals surface area contributed by atoms with Gasteiger partial charge >= 0.3 is 0 Å². The first-order chi connectivity index (χ1) is 6.59. The number of nitrogen functional groups attached to an aromatic ring is 1. The van der Waals surface area contributed by atoms with Crippen LogP contribution in [-0.4, -0.2) is 9.78 Å². The predicted molar refractivity (Wildman–Crippen MR) is 58.2 cm³/mol. The van der Waals surface area contributed by atoms with Gasteiger partial charge in [0, 0.05) is 6.07 Å². The third-order valence-electron chi connectivity index (χ3n) is 3.07. The second-order valence-corrected chi connectivity index (χ2v) is 4.67. The molecule has 0 aliphatic heterocycles. The van der Waals surface area contributed by atoms with Crippen LogP contribution < -0.4 is 5.73 Å². The first-order valence-corrected chi connectivity index (χ1v) is 5.44. The molecule has 1 aromatic rings. The molecule has 1 atom stereocenters. The lowest BCUT2D eigenvalue weighted by molar-refractivity contribution is 0.441. The summed E-state index contributed by atoms with van der Waals surface area (Å²) in [6, 6.07) is 2.48. The lowest BCUT2D eigenvalue weighted by Crippen LogP contribution is -2.12. The van der Waals surface area contributed by atoms with Crippen molar-refractivity contribution in [2.24, 2.45) is 5.92 Å².